The quantitative estimate of drug-likeness (QED) is 0.762. The van der Waals surface area contributed by atoms with Crippen LogP contribution < -0.4 is 14.8 Å². The number of carbonyl (C=O) groups excluding carboxylic acids is 1. The van der Waals surface area contributed by atoms with Gasteiger partial charge in [0, 0.05) is 37.3 Å². The highest BCUT2D eigenvalue weighted by molar-refractivity contribution is 5.94. The van der Waals surface area contributed by atoms with Crippen LogP contribution in [0.2, 0.25) is 0 Å². The van der Waals surface area contributed by atoms with Gasteiger partial charge in [0.15, 0.2) is 11.5 Å². The number of rotatable bonds is 6. The Labute approximate surface area is 165 Å². The first-order valence-corrected chi connectivity index (χ1v) is 9.80. The number of fused-ring (bicyclic) bond motifs is 1. The lowest BCUT2D eigenvalue weighted by atomic mass is 10.0. The molecule has 2 aliphatic heterocycles. The van der Waals surface area contributed by atoms with E-state index in [2.05, 4.69) is 10.2 Å². The van der Waals surface area contributed by atoms with E-state index in [0.717, 1.165) is 32.4 Å². The lowest BCUT2D eigenvalue weighted by molar-refractivity contribution is -0.138. The second-order valence-electron chi connectivity index (χ2n) is 7.45. The van der Waals surface area contributed by atoms with Gasteiger partial charge < -0.3 is 19.9 Å². The first-order chi connectivity index (χ1) is 13.4. The minimum atomic E-state index is -0.812. The molecule has 3 rings (SSSR count). The summed E-state index contributed by atoms with van der Waals surface area (Å²) >= 11 is 0. The predicted octanol–water partition coefficient (Wildman–Crippen LogP) is 1.66. The summed E-state index contributed by atoms with van der Waals surface area (Å²) in [6, 6.07) is 5.43. The molecule has 1 fully saturated rings. The van der Waals surface area contributed by atoms with Crippen LogP contribution in [0.4, 0.5) is 5.69 Å². The molecule has 1 saturated heterocycles. The summed E-state index contributed by atoms with van der Waals surface area (Å²) in [4.78, 5) is 27.6. The third kappa shape index (κ3) is 5.14. The molecule has 2 heterocycles. The molecular formula is C20H29N3O5. The predicted molar refractivity (Wildman–Crippen MR) is 105 cm³/mol. The molecule has 0 aromatic heterocycles. The van der Waals surface area contributed by atoms with E-state index in [9.17, 15) is 9.59 Å². The highest BCUT2D eigenvalue weighted by Gasteiger charge is 2.29. The van der Waals surface area contributed by atoms with E-state index in [-0.39, 0.29) is 24.5 Å². The van der Waals surface area contributed by atoms with Gasteiger partial charge in [-0.2, -0.15) is 0 Å². The fourth-order valence-corrected chi connectivity index (χ4v) is 3.71. The van der Waals surface area contributed by atoms with E-state index >= 15 is 0 Å². The van der Waals surface area contributed by atoms with Gasteiger partial charge in [-0.3, -0.25) is 19.4 Å². The van der Waals surface area contributed by atoms with Crippen LogP contribution >= 0.6 is 0 Å². The number of ether oxygens (including phenoxy) is 2. The minimum absolute atomic E-state index is 0.0464. The van der Waals surface area contributed by atoms with Crippen molar-refractivity contribution in [3.63, 3.8) is 0 Å². The first-order valence-electron chi connectivity index (χ1n) is 9.80. The number of aliphatic carboxylic acids is 1. The van der Waals surface area contributed by atoms with Crippen LogP contribution in [0, 0.1) is 0 Å². The molecule has 1 aromatic rings. The average Bonchev–Trinajstić information content (AvgIpc) is 2.92. The molecule has 0 spiro atoms. The molecule has 1 amide bonds. The Bertz CT molecular complexity index is 703. The molecule has 0 saturated carbocycles. The number of piperidine rings is 1. The molecule has 2 aliphatic rings. The van der Waals surface area contributed by atoms with Crippen molar-refractivity contribution in [3.8, 4) is 11.5 Å². The van der Waals surface area contributed by atoms with E-state index in [1.807, 2.05) is 31.0 Å². The van der Waals surface area contributed by atoms with Crippen molar-refractivity contribution in [2.45, 2.75) is 38.3 Å². The number of benzene rings is 1. The lowest BCUT2D eigenvalue weighted by Crippen LogP contribution is -2.50. The van der Waals surface area contributed by atoms with E-state index in [0.29, 0.717) is 30.4 Å². The zero-order valence-corrected chi connectivity index (χ0v) is 16.5. The van der Waals surface area contributed by atoms with Crippen LogP contribution in [0.25, 0.3) is 0 Å². The monoisotopic (exact) mass is 391 g/mol. The van der Waals surface area contributed by atoms with Crippen molar-refractivity contribution < 1.29 is 24.2 Å². The Hall–Kier alpha value is -2.32. The third-order valence-corrected chi connectivity index (χ3v) is 5.45. The summed E-state index contributed by atoms with van der Waals surface area (Å²) in [5.41, 5.74) is 0.692. The molecule has 1 aromatic carbocycles. The van der Waals surface area contributed by atoms with Crippen LogP contribution in [-0.2, 0) is 9.59 Å². The van der Waals surface area contributed by atoms with Crippen molar-refractivity contribution in [3.05, 3.63) is 18.2 Å². The van der Waals surface area contributed by atoms with Crippen molar-refractivity contribution >= 4 is 17.6 Å². The van der Waals surface area contributed by atoms with Gasteiger partial charge in [-0.25, -0.2) is 0 Å². The maximum Gasteiger partial charge on any atom is 0.317 e. The number of amides is 1. The average molecular weight is 391 g/mol. The molecule has 8 nitrogen and oxygen atoms in total. The van der Waals surface area contributed by atoms with Gasteiger partial charge in [-0.1, -0.05) is 0 Å². The van der Waals surface area contributed by atoms with E-state index in [1.165, 1.54) is 0 Å². The highest BCUT2D eigenvalue weighted by atomic mass is 16.5. The number of nitrogens with zero attached hydrogens (tertiary/aromatic N) is 2. The Kier molecular flexibility index (Phi) is 6.74. The number of hydrogen-bond acceptors (Lipinski definition) is 6. The molecule has 1 atom stereocenters. The Morgan fingerprint density at radius 3 is 2.61 bits per heavy atom. The molecule has 28 heavy (non-hydrogen) atoms. The zero-order chi connectivity index (χ0) is 20.1. The molecule has 8 heteroatoms. The number of carbonyl (C=O) groups is 2. The molecule has 1 unspecified atom stereocenters. The Balaban J connectivity index is 1.52. The molecule has 0 bridgehead atoms. The number of hydrogen-bond donors (Lipinski definition) is 2. The molecule has 0 radical (unpaired) electrons. The normalized spacial score (nSPS) is 19.1. The topological polar surface area (TPSA) is 91.3 Å². The van der Waals surface area contributed by atoms with Crippen molar-refractivity contribution in [2.24, 2.45) is 0 Å². The van der Waals surface area contributed by atoms with Gasteiger partial charge in [-0.05, 0) is 38.9 Å². The largest absolute Gasteiger partial charge is 0.490 e. The Morgan fingerprint density at radius 1 is 1.25 bits per heavy atom. The standard InChI is InChI=1S/C20H29N3O5/c1-14(23-8-6-16(7-9-23)22(2)13-19(24)25)20(26)21-15-4-5-17-18(12-15)28-11-3-10-27-17/h4-5,12,14,16H,3,6-11,13H2,1-2H3,(H,21,26)(H,24,25). The van der Waals surface area contributed by atoms with Gasteiger partial charge in [0.2, 0.25) is 5.91 Å². The van der Waals surface area contributed by atoms with Gasteiger partial charge in [0.1, 0.15) is 0 Å². The summed E-state index contributed by atoms with van der Waals surface area (Å²) in [6.07, 6.45) is 2.54. The zero-order valence-electron chi connectivity index (χ0n) is 16.5. The number of nitrogens with one attached hydrogen (secondary N) is 1. The van der Waals surface area contributed by atoms with Gasteiger partial charge in [0.25, 0.3) is 0 Å². The molecule has 0 aliphatic carbocycles. The summed E-state index contributed by atoms with van der Waals surface area (Å²) in [5, 5.41) is 11.9. The number of likely N-dealkylation sites (tertiary alicyclic amines) is 1. The number of likely N-dealkylation sites (N-methyl/N-ethyl adjacent to an activating group) is 1. The van der Waals surface area contributed by atoms with Crippen LogP contribution in [0.1, 0.15) is 26.2 Å². The summed E-state index contributed by atoms with van der Waals surface area (Å²) < 4.78 is 11.3. The maximum absolute atomic E-state index is 12.7. The molecule has 154 valence electrons. The minimum Gasteiger partial charge on any atom is -0.490 e. The summed E-state index contributed by atoms with van der Waals surface area (Å²) in [5.74, 6) is 0.487. The van der Waals surface area contributed by atoms with Crippen molar-refractivity contribution in [1.29, 1.82) is 0 Å². The van der Waals surface area contributed by atoms with Gasteiger partial charge >= 0.3 is 5.97 Å². The van der Waals surface area contributed by atoms with E-state index < -0.39 is 5.97 Å². The first kappa shape index (κ1) is 20.4. The van der Waals surface area contributed by atoms with Crippen LogP contribution in [-0.4, -0.2) is 78.8 Å². The second-order valence-corrected chi connectivity index (χ2v) is 7.45. The fraction of sp³-hybridized carbons (Fsp3) is 0.600. The summed E-state index contributed by atoms with van der Waals surface area (Å²) in [6.45, 7) is 4.72. The lowest BCUT2D eigenvalue weighted by Gasteiger charge is -2.38. The van der Waals surface area contributed by atoms with Gasteiger partial charge in [-0.15, -0.1) is 0 Å². The van der Waals surface area contributed by atoms with E-state index in [1.54, 1.807) is 6.07 Å². The fourth-order valence-electron chi connectivity index (χ4n) is 3.71. The van der Waals surface area contributed by atoms with Crippen LogP contribution in [0.15, 0.2) is 18.2 Å². The van der Waals surface area contributed by atoms with Gasteiger partial charge in [0.05, 0.1) is 25.8 Å². The third-order valence-electron chi connectivity index (χ3n) is 5.45. The summed E-state index contributed by atoms with van der Waals surface area (Å²) in [7, 11) is 1.84. The SMILES string of the molecule is CC(C(=O)Nc1ccc2c(c1)OCCCO2)N1CCC(N(C)CC(=O)O)CC1. The molecular weight excluding hydrogens is 362 g/mol. The number of carboxylic acid groups (broad SMARTS) is 1. The number of anilines is 1. The second kappa shape index (κ2) is 9.25. The number of carboxylic acids is 1. The van der Waals surface area contributed by atoms with Crippen LogP contribution in [0.3, 0.4) is 0 Å². The molecule has 2 N–H and O–H groups in total. The van der Waals surface area contributed by atoms with Crippen LogP contribution in [0.5, 0.6) is 11.5 Å². The van der Waals surface area contributed by atoms with Crippen molar-refractivity contribution in [1.82, 2.24) is 9.80 Å². The van der Waals surface area contributed by atoms with E-state index in [4.69, 9.17) is 14.6 Å². The maximum atomic E-state index is 12.7. The smallest absolute Gasteiger partial charge is 0.317 e. The Morgan fingerprint density at radius 2 is 1.93 bits per heavy atom. The highest BCUT2D eigenvalue weighted by Crippen LogP contribution is 2.32. The van der Waals surface area contributed by atoms with Crippen molar-refractivity contribution in [2.75, 3.05) is 45.2 Å².